The highest BCUT2D eigenvalue weighted by Crippen LogP contribution is 2.53. The van der Waals surface area contributed by atoms with Crippen LogP contribution in [-0.2, 0) is 39.1 Å². The molecule has 1 atom stereocenters. The van der Waals surface area contributed by atoms with Crippen molar-refractivity contribution >= 4 is 78.7 Å². The van der Waals surface area contributed by atoms with Crippen molar-refractivity contribution in [2.24, 2.45) is 18.4 Å². The second-order valence-corrected chi connectivity index (χ2v) is 23.1. The van der Waals surface area contributed by atoms with Crippen LogP contribution in [0.15, 0.2) is 91.0 Å². The highest BCUT2D eigenvalue weighted by atomic mass is 32.1. The van der Waals surface area contributed by atoms with Gasteiger partial charge in [-0.25, -0.2) is 14.8 Å². The number of nitrogens with one attached hydrogen (secondary N) is 3. The van der Waals surface area contributed by atoms with Gasteiger partial charge in [-0.15, -0.1) is 0 Å². The molecule has 0 radical (unpaired) electrons. The molecule has 1 saturated carbocycles. The SMILES string of the molecule is Cc1cc(OCCC2CC3(CCN(CC(=O)Nc4ccc5c(C6CCC(=O)NC6=O)nn(C)c5c4)CC3)C2)ccc1-c1ccc(N2CCc3cccc(C(=O)Nc4nc5ccccc5s4)c3C2)nc1C(=O)OC(C)(C)C. The number of hydrogen-bond acceptors (Lipinski definition) is 13. The number of benzene rings is 4. The smallest absolute Gasteiger partial charge is 0.358 e. The molecule has 6 heterocycles. The molecule has 7 aromatic rings. The van der Waals surface area contributed by atoms with Crippen LogP contribution in [0.1, 0.15) is 115 Å². The molecule has 1 aliphatic carbocycles. The number of hydrogen-bond donors (Lipinski definition) is 3. The van der Waals surface area contributed by atoms with Gasteiger partial charge in [-0.05, 0) is 180 Å². The number of carbonyl (C=O) groups is 5. The van der Waals surface area contributed by atoms with Crippen LogP contribution in [0.25, 0.3) is 32.2 Å². The average Bonchev–Trinajstić information content (AvgIpc) is 3.96. The first kappa shape index (κ1) is 50.6. The quantitative estimate of drug-likeness (QED) is 0.0734. The number of pyridine rings is 1. The lowest BCUT2D eigenvalue weighted by atomic mass is 9.57. The molecular formula is C59H63N9O7S. The van der Waals surface area contributed by atoms with Gasteiger partial charge in [0.05, 0.1) is 40.5 Å². The van der Waals surface area contributed by atoms with Crippen molar-refractivity contribution in [2.75, 3.05) is 48.3 Å². The Morgan fingerprint density at radius 3 is 2.46 bits per heavy atom. The molecule has 392 valence electrons. The lowest BCUT2D eigenvalue weighted by Crippen LogP contribution is -2.48. The monoisotopic (exact) mass is 1040 g/mol. The van der Waals surface area contributed by atoms with E-state index in [9.17, 15) is 24.0 Å². The van der Waals surface area contributed by atoms with E-state index in [1.54, 1.807) is 4.68 Å². The zero-order chi connectivity index (χ0) is 52.9. The van der Waals surface area contributed by atoms with E-state index in [0.29, 0.717) is 83.9 Å². The van der Waals surface area contributed by atoms with Gasteiger partial charge in [-0.1, -0.05) is 41.7 Å². The van der Waals surface area contributed by atoms with Gasteiger partial charge in [0.1, 0.15) is 17.2 Å². The maximum atomic E-state index is 14.0. The Morgan fingerprint density at radius 1 is 0.882 bits per heavy atom. The first-order chi connectivity index (χ1) is 36.5. The molecule has 3 N–H and O–H groups in total. The summed E-state index contributed by atoms with van der Waals surface area (Å²) >= 11 is 1.45. The van der Waals surface area contributed by atoms with Crippen molar-refractivity contribution in [3.05, 3.63) is 125 Å². The molecule has 3 fully saturated rings. The third-order valence-electron chi connectivity index (χ3n) is 15.6. The molecule has 3 aliphatic heterocycles. The van der Waals surface area contributed by atoms with Crippen molar-refractivity contribution < 1.29 is 33.4 Å². The van der Waals surface area contributed by atoms with Gasteiger partial charge in [0, 0.05) is 48.8 Å². The fourth-order valence-corrected chi connectivity index (χ4v) is 12.6. The van der Waals surface area contributed by atoms with Crippen molar-refractivity contribution in [1.82, 2.24) is 30.0 Å². The normalized spacial score (nSPS) is 17.8. The van der Waals surface area contributed by atoms with Crippen LogP contribution < -0.4 is 25.6 Å². The lowest BCUT2D eigenvalue weighted by molar-refractivity contribution is -0.134. The molecule has 0 bridgehead atoms. The zero-order valence-corrected chi connectivity index (χ0v) is 44.5. The molecule has 76 heavy (non-hydrogen) atoms. The number of piperidine rings is 2. The second-order valence-electron chi connectivity index (χ2n) is 22.1. The Labute approximate surface area is 445 Å². The summed E-state index contributed by atoms with van der Waals surface area (Å²) < 4.78 is 15.0. The number of rotatable bonds is 13. The van der Waals surface area contributed by atoms with Gasteiger partial charge in [0.2, 0.25) is 17.7 Å². The maximum Gasteiger partial charge on any atom is 0.358 e. The predicted molar refractivity (Wildman–Crippen MR) is 294 cm³/mol. The molecule has 11 rings (SSSR count). The number of para-hydroxylation sites is 1. The summed E-state index contributed by atoms with van der Waals surface area (Å²) in [5.41, 5.74) is 7.90. The Morgan fingerprint density at radius 2 is 1.68 bits per heavy atom. The number of aryl methyl sites for hydroxylation is 2. The summed E-state index contributed by atoms with van der Waals surface area (Å²) in [7, 11) is 1.82. The summed E-state index contributed by atoms with van der Waals surface area (Å²) in [6.07, 6.45) is 6.86. The molecule has 1 spiro atoms. The van der Waals surface area contributed by atoms with Gasteiger partial charge in [-0.2, -0.15) is 5.10 Å². The number of carbonyl (C=O) groups excluding carboxylic acids is 5. The van der Waals surface area contributed by atoms with Crippen molar-refractivity contribution in [3.63, 3.8) is 0 Å². The maximum absolute atomic E-state index is 14.0. The predicted octanol–water partition coefficient (Wildman–Crippen LogP) is 9.74. The molecule has 16 nitrogen and oxygen atoms in total. The fraction of sp³-hybridized carbons (Fsp3) is 0.390. The van der Waals surface area contributed by atoms with Gasteiger partial charge in [0.25, 0.3) is 5.91 Å². The van der Waals surface area contributed by atoms with E-state index in [1.165, 1.54) is 24.2 Å². The molecule has 17 heteroatoms. The fourth-order valence-electron chi connectivity index (χ4n) is 11.7. The third kappa shape index (κ3) is 10.7. The Kier molecular flexibility index (Phi) is 13.7. The van der Waals surface area contributed by atoms with E-state index < -0.39 is 17.5 Å². The molecule has 3 aromatic heterocycles. The van der Waals surface area contributed by atoms with Crippen LogP contribution in [0, 0.1) is 18.3 Å². The number of esters is 1. The Hall–Kier alpha value is -7.50. The van der Waals surface area contributed by atoms with E-state index in [4.69, 9.17) is 14.5 Å². The van der Waals surface area contributed by atoms with Crippen molar-refractivity contribution in [2.45, 2.75) is 97.1 Å². The Balaban J connectivity index is 0.674. The van der Waals surface area contributed by atoms with Crippen LogP contribution in [0.3, 0.4) is 0 Å². The molecule has 1 unspecified atom stereocenters. The van der Waals surface area contributed by atoms with Crippen LogP contribution >= 0.6 is 11.3 Å². The van der Waals surface area contributed by atoms with E-state index in [0.717, 1.165) is 81.5 Å². The topological polar surface area (TPSA) is 190 Å². The number of aromatic nitrogens is 4. The van der Waals surface area contributed by atoms with Crippen LogP contribution in [0.4, 0.5) is 16.6 Å². The second kappa shape index (κ2) is 20.6. The zero-order valence-electron chi connectivity index (χ0n) is 43.7. The van der Waals surface area contributed by atoms with Gasteiger partial charge in [-0.3, -0.25) is 39.4 Å². The number of fused-ring (bicyclic) bond motifs is 3. The molecule has 4 aliphatic rings. The van der Waals surface area contributed by atoms with E-state index in [-0.39, 0.29) is 35.7 Å². The summed E-state index contributed by atoms with van der Waals surface area (Å²) in [6, 6.07) is 29.2. The van der Waals surface area contributed by atoms with E-state index in [2.05, 4.69) is 41.9 Å². The highest BCUT2D eigenvalue weighted by molar-refractivity contribution is 7.22. The average molecular weight is 1040 g/mol. The summed E-state index contributed by atoms with van der Waals surface area (Å²) in [5, 5.41) is 14.5. The number of amides is 4. The third-order valence-corrected chi connectivity index (χ3v) is 16.5. The summed E-state index contributed by atoms with van der Waals surface area (Å²) in [6.45, 7) is 11.4. The minimum Gasteiger partial charge on any atom is -0.494 e. The number of imide groups is 1. The summed E-state index contributed by atoms with van der Waals surface area (Å²) in [4.78, 5) is 79.2. The highest BCUT2D eigenvalue weighted by Gasteiger charge is 2.45. The van der Waals surface area contributed by atoms with Crippen LogP contribution in [0.2, 0.25) is 0 Å². The largest absolute Gasteiger partial charge is 0.494 e. The number of thiazole rings is 1. The molecule has 4 aromatic carbocycles. The standard InChI is InChI=1S/C59H63N9O7S/c1-35-29-39(74-28-22-36-31-59(32-36)23-26-67(27-24-59)34-51(70)60-38-13-15-43-47(30-38)66(5)65-52(43)44-18-20-50(69)63-55(44)72)14-16-40(35)41-17-19-49(62-53(41)56(73)75-58(2,3)4)68-25-21-37-9-8-10-42(45(37)33-68)54(71)64-57-61-46-11-6-7-12-48(46)76-57/h6-17,19,29-30,36,44H,18,20-28,31-34H2,1-5H3,(H,60,70)(H,61,64,71)(H,63,69,72). The minimum atomic E-state index is -0.736. The van der Waals surface area contributed by atoms with Crippen molar-refractivity contribution in [1.29, 1.82) is 0 Å². The van der Waals surface area contributed by atoms with Crippen LogP contribution in [-0.4, -0.2) is 92.6 Å². The first-order valence-corrected chi connectivity index (χ1v) is 27.2. The Bertz CT molecular complexity index is 3400. The number of nitrogens with zero attached hydrogens (tertiary/aromatic N) is 6. The molecular weight excluding hydrogens is 979 g/mol. The summed E-state index contributed by atoms with van der Waals surface area (Å²) in [5.74, 6) is 0.151. The van der Waals surface area contributed by atoms with E-state index in [1.807, 2.05) is 120 Å². The van der Waals surface area contributed by atoms with E-state index >= 15 is 0 Å². The first-order valence-electron chi connectivity index (χ1n) is 26.4. The van der Waals surface area contributed by atoms with Crippen LogP contribution in [0.5, 0.6) is 5.75 Å². The lowest BCUT2D eigenvalue weighted by Gasteiger charge is -2.52. The van der Waals surface area contributed by atoms with Gasteiger partial charge in [0.15, 0.2) is 10.8 Å². The number of ether oxygens (including phenoxy) is 2. The molecule has 2 saturated heterocycles. The van der Waals surface area contributed by atoms with Crippen molar-refractivity contribution in [3.8, 4) is 16.9 Å². The van der Waals surface area contributed by atoms with Gasteiger partial charge < -0.3 is 19.7 Å². The van der Waals surface area contributed by atoms with Gasteiger partial charge >= 0.3 is 5.97 Å². The minimum absolute atomic E-state index is 0.0615. The number of likely N-dealkylation sites (tertiary alicyclic amines) is 1. The number of anilines is 3. The molecule has 4 amide bonds.